The Hall–Kier alpha value is -4.15. The molecule has 5 rings (SSSR count). The number of piperazine rings is 1. The first kappa shape index (κ1) is 28.4. The topological polar surface area (TPSA) is 116 Å². The Kier molecular flexibility index (Phi) is 9.33. The monoisotopic (exact) mass is 559 g/mol. The van der Waals surface area contributed by atoms with Crippen molar-refractivity contribution in [2.45, 2.75) is 32.4 Å². The summed E-state index contributed by atoms with van der Waals surface area (Å²) in [4.78, 5) is 41.3. The van der Waals surface area contributed by atoms with Gasteiger partial charge < -0.3 is 24.7 Å². The van der Waals surface area contributed by atoms with Gasteiger partial charge in [0.2, 0.25) is 5.91 Å². The van der Waals surface area contributed by atoms with Crippen LogP contribution in [0.25, 0.3) is 11.1 Å². The van der Waals surface area contributed by atoms with Crippen LogP contribution in [0.5, 0.6) is 0 Å². The number of amides is 3. The van der Waals surface area contributed by atoms with Gasteiger partial charge in [0.05, 0.1) is 18.8 Å². The number of piperidine rings is 1. The molecule has 3 aromatic rings. The average molecular weight is 560 g/mol. The van der Waals surface area contributed by atoms with Gasteiger partial charge in [0.15, 0.2) is 5.76 Å². The summed E-state index contributed by atoms with van der Waals surface area (Å²) in [6, 6.07) is 19.5. The second-order valence-corrected chi connectivity index (χ2v) is 10.5. The normalized spacial score (nSPS) is 16.7. The van der Waals surface area contributed by atoms with Crippen molar-refractivity contribution in [3.63, 3.8) is 0 Å². The van der Waals surface area contributed by atoms with Crippen LogP contribution in [0, 0.1) is 6.92 Å². The predicted molar refractivity (Wildman–Crippen MR) is 156 cm³/mol. The Morgan fingerprint density at radius 2 is 1.78 bits per heavy atom. The minimum absolute atomic E-state index is 0.000896. The first-order valence-electron chi connectivity index (χ1n) is 14.2. The number of ether oxygens (including phenoxy) is 1. The number of hydrogen-bond donors (Lipinski definition) is 3. The van der Waals surface area contributed by atoms with E-state index in [9.17, 15) is 14.4 Å². The molecule has 2 aliphatic rings. The first-order chi connectivity index (χ1) is 19.9. The molecule has 10 heteroatoms. The highest BCUT2D eigenvalue weighted by molar-refractivity contribution is 5.93. The lowest BCUT2D eigenvalue weighted by atomic mass is 10.0. The highest BCUT2D eigenvalue weighted by Gasteiger charge is 2.24. The van der Waals surface area contributed by atoms with Crippen LogP contribution in [0.2, 0.25) is 0 Å². The zero-order valence-electron chi connectivity index (χ0n) is 23.4. The van der Waals surface area contributed by atoms with E-state index in [0.717, 1.165) is 54.9 Å². The molecule has 2 aliphatic heterocycles. The minimum Gasteiger partial charge on any atom is -0.454 e. The average Bonchev–Trinajstić information content (AvgIpc) is 3.34. The molecule has 0 aliphatic carbocycles. The Balaban J connectivity index is 1.02. The quantitative estimate of drug-likeness (QED) is 0.367. The van der Waals surface area contributed by atoms with Gasteiger partial charge in [-0.15, -0.1) is 0 Å². The molecule has 0 atom stereocenters. The SMILES string of the molecule is Cc1cc(CN2CCNC(=O)C2)oc1C(=O)NCCN1CCC(OC(=O)Nc2ccccc2-c2ccccc2)CC1. The second-order valence-electron chi connectivity index (χ2n) is 10.5. The van der Waals surface area contributed by atoms with Crippen LogP contribution in [0.1, 0.15) is 34.7 Å². The predicted octanol–water partition coefficient (Wildman–Crippen LogP) is 3.63. The van der Waals surface area contributed by atoms with Crippen LogP contribution < -0.4 is 16.0 Å². The Labute approximate surface area is 240 Å². The van der Waals surface area contributed by atoms with Crippen LogP contribution in [0.3, 0.4) is 0 Å². The fourth-order valence-corrected chi connectivity index (χ4v) is 5.31. The number of rotatable bonds is 9. The molecule has 0 unspecified atom stereocenters. The smallest absolute Gasteiger partial charge is 0.411 e. The maximum absolute atomic E-state index is 12.7. The Morgan fingerprint density at radius 1 is 1.02 bits per heavy atom. The summed E-state index contributed by atoms with van der Waals surface area (Å²) in [6.45, 7) is 6.79. The van der Waals surface area contributed by atoms with E-state index < -0.39 is 6.09 Å². The lowest BCUT2D eigenvalue weighted by molar-refractivity contribution is -0.124. The molecule has 0 radical (unpaired) electrons. The zero-order chi connectivity index (χ0) is 28.6. The number of carbonyl (C=O) groups excluding carboxylic acids is 3. The van der Waals surface area contributed by atoms with Crippen molar-refractivity contribution in [2.75, 3.05) is 51.1 Å². The van der Waals surface area contributed by atoms with Crippen molar-refractivity contribution < 1.29 is 23.5 Å². The molecule has 1 aromatic heterocycles. The number of para-hydroxylation sites is 1. The van der Waals surface area contributed by atoms with Gasteiger partial charge >= 0.3 is 6.09 Å². The summed E-state index contributed by atoms with van der Waals surface area (Å²) in [5.41, 5.74) is 3.47. The molecular formula is C31H37N5O5. The van der Waals surface area contributed by atoms with Gasteiger partial charge in [-0.05, 0) is 37.5 Å². The maximum Gasteiger partial charge on any atom is 0.411 e. The number of likely N-dealkylation sites (tertiary alicyclic amines) is 1. The molecule has 2 saturated heterocycles. The maximum atomic E-state index is 12.7. The van der Waals surface area contributed by atoms with Crippen LogP contribution in [-0.2, 0) is 16.1 Å². The van der Waals surface area contributed by atoms with E-state index in [-0.39, 0.29) is 17.9 Å². The summed E-state index contributed by atoms with van der Waals surface area (Å²) >= 11 is 0. The molecule has 0 saturated carbocycles. The largest absolute Gasteiger partial charge is 0.454 e. The lowest BCUT2D eigenvalue weighted by Gasteiger charge is -2.31. The molecule has 3 amide bonds. The van der Waals surface area contributed by atoms with Crippen molar-refractivity contribution in [3.8, 4) is 11.1 Å². The van der Waals surface area contributed by atoms with Crippen LogP contribution in [0.15, 0.2) is 65.1 Å². The third-order valence-corrected chi connectivity index (χ3v) is 7.44. The molecule has 3 heterocycles. The second kappa shape index (κ2) is 13.5. The van der Waals surface area contributed by atoms with Crippen molar-refractivity contribution in [1.29, 1.82) is 0 Å². The summed E-state index contributed by atoms with van der Waals surface area (Å²) in [6.07, 6.45) is 0.865. The molecular weight excluding hydrogens is 522 g/mol. The van der Waals surface area contributed by atoms with Crippen LogP contribution in [-0.4, -0.2) is 79.6 Å². The van der Waals surface area contributed by atoms with Gasteiger partial charge in [-0.2, -0.15) is 0 Å². The third-order valence-electron chi connectivity index (χ3n) is 7.44. The van der Waals surface area contributed by atoms with E-state index in [1.165, 1.54) is 0 Å². The highest BCUT2D eigenvalue weighted by Crippen LogP contribution is 2.28. The summed E-state index contributed by atoms with van der Waals surface area (Å²) in [7, 11) is 0. The summed E-state index contributed by atoms with van der Waals surface area (Å²) in [5.74, 6) is 0.752. The number of anilines is 1. The molecule has 2 fully saturated rings. The van der Waals surface area contributed by atoms with E-state index in [2.05, 4.69) is 20.9 Å². The highest BCUT2D eigenvalue weighted by atomic mass is 16.6. The molecule has 41 heavy (non-hydrogen) atoms. The number of nitrogens with zero attached hydrogens (tertiary/aromatic N) is 2. The van der Waals surface area contributed by atoms with Gasteiger partial charge in [0, 0.05) is 50.4 Å². The van der Waals surface area contributed by atoms with Crippen LogP contribution in [0.4, 0.5) is 10.5 Å². The van der Waals surface area contributed by atoms with Gasteiger partial charge in [0.25, 0.3) is 5.91 Å². The third kappa shape index (κ3) is 7.74. The number of benzene rings is 2. The molecule has 0 bridgehead atoms. The van der Waals surface area contributed by atoms with Gasteiger partial charge in [0.1, 0.15) is 11.9 Å². The van der Waals surface area contributed by atoms with Crippen molar-refractivity contribution in [2.24, 2.45) is 0 Å². The van der Waals surface area contributed by atoms with Gasteiger partial charge in [-0.1, -0.05) is 48.5 Å². The zero-order valence-corrected chi connectivity index (χ0v) is 23.4. The van der Waals surface area contributed by atoms with Crippen molar-refractivity contribution in [3.05, 3.63) is 77.7 Å². The van der Waals surface area contributed by atoms with E-state index in [4.69, 9.17) is 9.15 Å². The number of carbonyl (C=O) groups is 3. The van der Waals surface area contributed by atoms with Crippen molar-refractivity contribution >= 4 is 23.6 Å². The number of aryl methyl sites for hydroxylation is 1. The van der Waals surface area contributed by atoms with Gasteiger partial charge in [-0.3, -0.25) is 19.8 Å². The van der Waals surface area contributed by atoms with Gasteiger partial charge in [-0.25, -0.2) is 4.79 Å². The lowest BCUT2D eigenvalue weighted by Crippen LogP contribution is -2.47. The standard InChI is InChI=1S/C31H37N5O5/c1-22-19-25(20-36-18-13-32-28(37)21-36)40-29(22)30(38)33-14-17-35-15-11-24(12-16-35)41-31(39)34-27-10-6-5-9-26(27)23-7-3-2-4-8-23/h2-10,19,24H,11-18,20-21H2,1H3,(H,32,37)(H,33,38)(H,34,39). The van der Waals surface area contributed by atoms with E-state index in [1.807, 2.05) is 72.5 Å². The summed E-state index contributed by atoms with van der Waals surface area (Å²) < 4.78 is 11.6. The van der Waals surface area contributed by atoms with Crippen LogP contribution >= 0.6 is 0 Å². The Morgan fingerprint density at radius 3 is 2.56 bits per heavy atom. The number of nitrogens with one attached hydrogen (secondary N) is 3. The molecule has 3 N–H and O–H groups in total. The fourth-order valence-electron chi connectivity index (χ4n) is 5.31. The molecule has 0 spiro atoms. The van der Waals surface area contributed by atoms with Crippen molar-refractivity contribution in [1.82, 2.24) is 20.4 Å². The molecule has 2 aromatic carbocycles. The number of hydrogen-bond acceptors (Lipinski definition) is 7. The van der Waals surface area contributed by atoms with E-state index in [1.54, 1.807) is 0 Å². The molecule has 10 nitrogen and oxygen atoms in total. The van der Waals surface area contributed by atoms with E-state index in [0.29, 0.717) is 44.2 Å². The Bertz CT molecular complexity index is 1350. The molecule has 216 valence electrons. The number of furan rings is 1. The summed E-state index contributed by atoms with van der Waals surface area (Å²) in [5, 5.41) is 8.67. The minimum atomic E-state index is -0.448. The van der Waals surface area contributed by atoms with E-state index >= 15 is 0 Å². The fraction of sp³-hybridized carbons (Fsp3) is 0.387. The first-order valence-corrected chi connectivity index (χ1v) is 14.2.